The number of ether oxygens (including phenoxy) is 1. The summed E-state index contributed by atoms with van der Waals surface area (Å²) >= 11 is 0. The zero-order valence-corrected chi connectivity index (χ0v) is 21.6. The topological polar surface area (TPSA) is 58.6 Å². The zero-order valence-electron chi connectivity index (χ0n) is 21.6. The summed E-state index contributed by atoms with van der Waals surface area (Å²) in [7, 11) is 0. The first kappa shape index (κ1) is 26.9. The predicted octanol–water partition coefficient (Wildman–Crippen LogP) is 5.91. The van der Waals surface area contributed by atoms with E-state index in [1.165, 1.54) is 11.0 Å². The molecule has 1 atom stereocenters. The Bertz CT molecular complexity index is 1350. The first-order chi connectivity index (χ1) is 18.6. The van der Waals surface area contributed by atoms with Crippen LogP contribution in [0.2, 0.25) is 0 Å². The number of carbonyl (C=O) groups excluding carboxylic acids is 2. The van der Waals surface area contributed by atoms with Crippen LogP contribution in [0.5, 0.6) is 5.75 Å². The molecule has 38 heavy (non-hydrogen) atoms. The quantitative estimate of drug-likeness (QED) is 0.240. The Labute approximate surface area is 223 Å². The molecule has 0 aliphatic carbocycles. The van der Waals surface area contributed by atoms with Crippen molar-refractivity contribution in [3.8, 4) is 5.75 Å². The van der Waals surface area contributed by atoms with Crippen LogP contribution in [-0.2, 0) is 22.6 Å². The number of rotatable bonds is 12. The largest absolute Gasteiger partial charge is 0.483 e. The summed E-state index contributed by atoms with van der Waals surface area (Å²) in [5, 5.41) is 4.86. The van der Waals surface area contributed by atoms with Crippen LogP contribution in [0.25, 0.3) is 10.8 Å². The molecule has 0 unspecified atom stereocenters. The fraction of sp³-hybridized carbons (Fsp3) is 0.250. The van der Waals surface area contributed by atoms with Crippen LogP contribution >= 0.6 is 0 Å². The Morgan fingerprint density at radius 3 is 2.39 bits per heavy atom. The van der Waals surface area contributed by atoms with Crippen LogP contribution in [0.3, 0.4) is 0 Å². The maximum Gasteiger partial charge on any atom is 0.261 e. The number of carbonyl (C=O) groups is 2. The van der Waals surface area contributed by atoms with E-state index < -0.39 is 17.8 Å². The van der Waals surface area contributed by atoms with Crippen LogP contribution in [0.4, 0.5) is 4.39 Å². The smallest absolute Gasteiger partial charge is 0.261 e. The van der Waals surface area contributed by atoms with Crippen molar-refractivity contribution >= 4 is 22.6 Å². The third-order valence-electron chi connectivity index (χ3n) is 6.50. The lowest BCUT2D eigenvalue weighted by Crippen LogP contribution is -2.52. The summed E-state index contributed by atoms with van der Waals surface area (Å²) in [6.45, 7) is 2.22. The molecule has 0 heterocycles. The van der Waals surface area contributed by atoms with Gasteiger partial charge in [-0.2, -0.15) is 0 Å². The van der Waals surface area contributed by atoms with Crippen molar-refractivity contribution in [1.82, 2.24) is 10.2 Å². The van der Waals surface area contributed by atoms with Gasteiger partial charge < -0.3 is 15.0 Å². The molecule has 4 rings (SSSR count). The van der Waals surface area contributed by atoms with Gasteiger partial charge in [0.2, 0.25) is 5.91 Å². The van der Waals surface area contributed by atoms with E-state index in [1.807, 2.05) is 79.7 Å². The number of amides is 2. The standard InChI is InChI=1S/C32H33FN2O3/c1-2-3-20-34-32(37)29(21-24-12-5-4-6-13-24)35(22-26-15-8-10-18-28(26)33)31(36)23-38-30-19-11-16-25-14-7-9-17-27(25)30/h4-19,29H,2-3,20-23H2,1H3,(H,34,37)/t29-/m0/s1. The molecule has 0 saturated heterocycles. The molecular formula is C32H33FN2O3. The highest BCUT2D eigenvalue weighted by Crippen LogP contribution is 2.25. The highest BCUT2D eigenvalue weighted by atomic mass is 19.1. The Kier molecular flexibility index (Phi) is 9.46. The SMILES string of the molecule is CCCCNC(=O)[C@H](Cc1ccccc1)N(Cc1ccccc1F)C(=O)COc1cccc2ccccc12. The van der Waals surface area contributed by atoms with Crippen LogP contribution in [0.1, 0.15) is 30.9 Å². The molecule has 6 heteroatoms. The summed E-state index contributed by atoms with van der Waals surface area (Å²) < 4.78 is 20.7. The highest BCUT2D eigenvalue weighted by Gasteiger charge is 2.31. The van der Waals surface area contributed by atoms with Gasteiger partial charge in [-0.25, -0.2) is 4.39 Å². The molecule has 2 amide bonds. The Hall–Kier alpha value is -4.19. The van der Waals surface area contributed by atoms with Crippen molar-refractivity contribution in [2.45, 2.75) is 38.8 Å². The van der Waals surface area contributed by atoms with Crippen molar-refractivity contribution in [2.75, 3.05) is 13.2 Å². The van der Waals surface area contributed by atoms with Gasteiger partial charge in [0.1, 0.15) is 17.6 Å². The van der Waals surface area contributed by atoms with Crippen molar-refractivity contribution in [1.29, 1.82) is 0 Å². The average Bonchev–Trinajstić information content (AvgIpc) is 2.95. The van der Waals surface area contributed by atoms with E-state index in [0.29, 0.717) is 24.3 Å². The number of unbranched alkanes of at least 4 members (excludes halogenated alkanes) is 1. The van der Waals surface area contributed by atoms with E-state index in [4.69, 9.17) is 4.74 Å². The van der Waals surface area contributed by atoms with Crippen molar-refractivity contribution in [3.63, 3.8) is 0 Å². The lowest BCUT2D eigenvalue weighted by Gasteiger charge is -2.31. The second-order valence-electron chi connectivity index (χ2n) is 9.23. The van der Waals surface area contributed by atoms with E-state index in [0.717, 1.165) is 29.2 Å². The molecule has 0 bridgehead atoms. The van der Waals surface area contributed by atoms with Crippen LogP contribution in [-0.4, -0.2) is 35.9 Å². The number of nitrogens with one attached hydrogen (secondary N) is 1. The van der Waals surface area contributed by atoms with E-state index >= 15 is 0 Å². The minimum atomic E-state index is -0.836. The number of fused-ring (bicyclic) bond motifs is 1. The van der Waals surface area contributed by atoms with Gasteiger partial charge in [-0.15, -0.1) is 0 Å². The Morgan fingerprint density at radius 2 is 1.61 bits per heavy atom. The maximum absolute atomic E-state index is 14.7. The molecule has 1 N–H and O–H groups in total. The monoisotopic (exact) mass is 512 g/mol. The van der Waals surface area contributed by atoms with Crippen LogP contribution < -0.4 is 10.1 Å². The lowest BCUT2D eigenvalue weighted by atomic mass is 10.0. The third-order valence-corrected chi connectivity index (χ3v) is 6.50. The Balaban J connectivity index is 1.63. The number of benzene rings is 4. The fourth-order valence-electron chi connectivity index (χ4n) is 4.41. The minimum Gasteiger partial charge on any atom is -0.483 e. The average molecular weight is 513 g/mol. The minimum absolute atomic E-state index is 0.0525. The van der Waals surface area contributed by atoms with Gasteiger partial charge in [0.15, 0.2) is 6.61 Å². The number of hydrogen-bond donors (Lipinski definition) is 1. The lowest BCUT2D eigenvalue weighted by molar-refractivity contribution is -0.142. The summed E-state index contributed by atoms with van der Waals surface area (Å²) in [5.41, 5.74) is 1.25. The van der Waals surface area contributed by atoms with Crippen molar-refractivity contribution in [3.05, 3.63) is 114 Å². The molecule has 0 radical (unpaired) electrons. The van der Waals surface area contributed by atoms with Crippen LogP contribution in [0.15, 0.2) is 97.1 Å². The van der Waals surface area contributed by atoms with Gasteiger partial charge in [0.25, 0.3) is 5.91 Å². The second kappa shape index (κ2) is 13.4. The van der Waals surface area contributed by atoms with Gasteiger partial charge in [0.05, 0.1) is 0 Å². The molecule has 0 fully saturated rings. The molecule has 196 valence electrons. The zero-order chi connectivity index (χ0) is 26.7. The normalized spacial score (nSPS) is 11.6. The van der Waals surface area contributed by atoms with Gasteiger partial charge in [-0.1, -0.05) is 98.3 Å². The summed E-state index contributed by atoms with van der Waals surface area (Å²) in [5.74, 6) is -0.510. The summed E-state index contributed by atoms with van der Waals surface area (Å²) in [6.07, 6.45) is 2.06. The second-order valence-corrected chi connectivity index (χ2v) is 9.23. The number of hydrogen-bond acceptors (Lipinski definition) is 3. The third kappa shape index (κ3) is 6.97. The predicted molar refractivity (Wildman–Crippen MR) is 148 cm³/mol. The van der Waals surface area contributed by atoms with Gasteiger partial charge in [0, 0.05) is 30.5 Å². The van der Waals surface area contributed by atoms with E-state index in [-0.39, 0.29) is 19.1 Å². The van der Waals surface area contributed by atoms with E-state index in [1.54, 1.807) is 18.2 Å². The molecule has 4 aromatic rings. The number of halogens is 1. The molecule has 4 aromatic carbocycles. The van der Waals surface area contributed by atoms with Crippen molar-refractivity contribution in [2.24, 2.45) is 0 Å². The van der Waals surface area contributed by atoms with Gasteiger partial charge in [-0.05, 0) is 29.5 Å². The fourth-order valence-corrected chi connectivity index (χ4v) is 4.41. The molecule has 0 spiro atoms. The summed E-state index contributed by atoms with van der Waals surface area (Å²) in [6, 6.07) is 28.5. The molecule has 0 aromatic heterocycles. The first-order valence-corrected chi connectivity index (χ1v) is 13.0. The van der Waals surface area contributed by atoms with Gasteiger partial charge in [-0.3, -0.25) is 9.59 Å². The van der Waals surface area contributed by atoms with Gasteiger partial charge >= 0.3 is 0 Å². The van der Waals surface area contributed by atoms with E-state index in [2.05, 4.69) is 5.32 Å². The molecular weight excluding hydrogens is 479 g/mol. The maximum atomic E-state index is 14.7. The molecule has 0 saturated carbocycles. The number of nitrogens with zero attached hydrogens (tertiary/aromatic N) is 1. The Morgan fingerprint density at radius 1 is 0.895 bits per heavy atom. The summed E-state index contributed by atoms with van der Waals surface area (Å²) in [4.78, 5) is 28.6. The van der Waals surface area contributed by atoms with E-state index in [9.17, 15) is 14.0 Å². The molecule has 0 aliphatic rings. The molecule has 0 aliphatic heterocycles. The highest BCUT2D eigenvalue weighted by molar-refractivity contribution is 5.90. The molecule has 5 nitrogen and oxygen atoms in total. The van der Waals surface area contributed by atoms with Crippen LogP contribution in [0, 0.1) is 5.82 Å². The van der Waals surface area contributed by atoms with Crippen molar-refractivity contribution < 1.29 is 18.7 Å². The first-order valence-electron chi connectivity index (χ1n) is 13.0.